The van der Waals surface area contributed by atoms with E-state index in [2.05, 4.69) is 20.8 Å². The molecule has 0 saturated heterocycles. The molecule has 0 aliphatic heterocycles. The van der Waals surface area contributed by atoms with Gasteiger partial charge in [-0.2, -0.15) is 0 Å². The highest BCUT2D eigenvalue weighted by Gasteiger charge is 2.12. The lowest BCUT2D eigenvalue weighted by Crippen LogP contribution is -2.12. The first-order chi connectivity index (χ1) is 11.6. The van der Waals surface area contributed by atoms with Crippen molar-refractivity contribution in [1.29, 1.82) is 0 Å². The second-order valence-electron chi connectivity index (χ2n) is 5.01. The van der Waals surface area contributed by atoms with Crippen LogP contribution in [-0.2, 0) is 7.05 Å². The smallest absolute Gasteiger partial charge is 0.255 e. The standard InChI is InChI=1S/C16H14FN5O2/c1-22-15(19-20-21-22)10-4-3-5-12(8-10)18-16(23)11-6-7-14(24-2)13(17)9-11/h3-9H,1-2H3,(H,18,23). The van der Waals surface area contributed by atoms with Crippen molar-refractivity contribution in [2.24, 2.45) is 7.05 Å². The van der Waals surface area contributed by atoms with Gasteiger partial charge in [-0.3, -0.25) is 4.79 Å². The van der Waals surface area contributed by atoms with E-state index in [1.165, 1.54) is 23.9 Å². The molecule has 122 valence electrons. The molecule has 0 atom stereocenters. The Morgan fingerprint density at radius 2 is 2.08 bits per heavy atom. The van der Waals surface area contributed by atoms with Crippen molar-refractivity contribution in [1.82, 2.24) is 20.2 Å². The molecule has 8 heteroatoms. The number of hydrogen-bond donors (Lipinski definition) is 1. The first kappa shape index (κ1) is 15.6. The topological polar surface area (TPSA) is 81.9 Å². The maximum atomic E-state index is 13.7. The molecule has 0 unspecified atom stereocenters. The van der Waals surface area contributed by atoms with Gasteiger partial charge < -0.3 is 10.1 Å². The Morgan fingerprint density at radius 3 is 2.75 bits per heavy atom. The minimum atomic E-state index is -0.593. The normalized spacial score (nSPS) is 10.5. The van der Waals surface area contributed by atoms with Gasteiger partial charge in [-0.15, -0.1) is 5.10 Å². The number of rotatable bonds is 4. The zero-order chi connectivity index (χ0) is 17.1. The van der Waals surface area contributed by atoms with Crippen molar-refractivity contribution in [3.63, 3.8) is 0 Å². The highest BCUT2D eigenvalue weighted by molar-refractivity contribution is 6.04. The molecule has 1 aromatic heterocycles. The molecule has 0 spiro atoms. The predicted octanol–water partition coefficient (Wildman–Crippen LogP) is 2.28. The minimum Gasteiger partial charge on any atom is -0.494 e. The Kier molecular flexibility index (Phi) is 4.19. The molecule has 2 aromatic carbocycles. The number of benzene rings is 2. The number of halogens is 1. The number of carbonyl (C=O) groups is 1. The van der Waals surface area contributed by atoms with Crippen molar-refractivity contribution in [2.45, 2.75) is 0 Å². The van der Waals surface area contributed by atoms with E-state index in [-0.39, 0.29) is 11.3 Å². The quantitative estimate of drug-likeness (QED) is 0.795. The first-order valence-electron chi connectivity index (χ1n) is 7.06. The summed E-state index contributed by atoms with van der Waals surface area (Å²) < 4.78 is 20.1. The molecule has 3 rings (SSSR count). The second-order valence-corrected chi connectivity index (χ2v) is 5.01. The zero-order valence-electron chi connectivity index (χ0n) is 13.0. The minimum absolute atomic E-state index is 0.0864. The summed E-state index contributed by atoms with van der Waals surface area (Å²) in [7, 11) is 3.09. The molecule has 7 nitrogen and oxygen atoms in total. The lowest BCUT2D eigenvalue weighted by atomic mass is 10.1. The first-order valence-corrected chi connectivity index (χ1v) is 7.06. The molecule has 24 heavy (non-hydrogen) atoms. The van der Waals surface area contributed by atoms with Crippen LogP contribution in [0.5, 0.6) is 5.75 Å². The van der Waals surface area contributed by atoms with Crippen molar-refractivity contribution < 1.29 is 13.9 Å². The molecule has 0 bridgehead atoms. The molecule has 3 aromatic rings. The number of ether oxygens (including phenoxy) is 1. The molecule has 0 fully saturated rings. The van der Waals surface area contributed by atoms with Crippen molar-refractivity contribution in [3.05, 3.63) is 53.8 Å². The fourth-order valence-corrected chi connectivity index (χ4v) is 2.22. The summed E-state index contributed by atoms with van der Waals surface area (Å²) in [5.74, 6) is -0.362. The van der Waals surface area contributed by atoms with Gasteiger partial charge in [-0.1, -0.05) is 12.1 Å². The SMILES string of the molecule is COc1ccc(C(=O)Nc2cccc(-c3nnnn3C)c2)cc1F. The van der Waals surface area contributed by atoms with Crippen LogP contribution >= 0.6 is 0 Å². The maximum Gasteiger partial charge on any atom is 0.255 e. The third-order valence-electron chi connectivity index (χ3n) is 3.41. The summed E-state index contributed by atoms with van der Waals surface area (Å²) in [6.07, 6.45) is 0. The van der Waals surface area contributed by atoms with E-state index >= 15 is 0 Å². The van der Waals surface area contributed by atoms with Gasteiger partial charge in [0.15, 0.2) is 17.4 Å². The van der Waals surface area contributed by atoms with Gasteiger partial charge in [0.25, 0.3) is 5.91 Å². The second kappa shape index (κ2) is 6.45. The highest BCUT2D eigenvalue weighted by Crippen LogP contribution is 2.21. The molecule has 1 N–H and O–H groups in total. The third kappa shape index (κ3) is 3.07. The van der Waals surface area contributed by atoms with Crippen molar-refractivity contribution in [2.75, 3.05) is 12.4 Å². The van der Waals surface area contributed by atoms with Gasteiger partial charge in [0.1, 0.15) is 0 Å². The van der Waals surface area contributed by atoms with E-state index < -0.39 is 11.7 Å². The van der Waals surface area contributed by atoms with Crippen LogP contribution in [0.25, 0.3) is 11.4 Å². The highest BCUT2D eigenvalue weighted by atomic mass is 19.1. The summed E-state index contributed by atoms with van der Waals surface area (Å²) in [4.78, 5) is 12.3. The molecular formula is C16H14FN5O2. The average Bonchev–Trinajstić information content (AvgIpc) is 3.01. The number of nitrogens with one attached hydrogen (secondary N) is 1. The van der Waals surface area contributed by atoms with E-state index in [4.69, 9.17) is 4.74 Å². The van der Waals surface area contributed by atoms with Gasteiger partial charge >= 0.3 is 0 Å². The van der Waals surface area contributed by atoms with E-state index in [0.717, 1.165) is 11.6 Å². The number of methoxy groups -OCH3 is 1. The van der Waals surface area contributed by atoms with Crippen LogP contribution in [0.3, 0.4) is 0 Å². The number of carbonyl (C=O) groups excluding carboxylic acids is 1. The number of amides is 1. The van der Waals surface area contributed by atoms with Crippen LogP contribution in [-0.4, -0.2) is 33.2 Å². The number of tetrazole rings is 1. The fourth-order valence-electron chi connectivity index (χ4n) is 2.22. The summed E-state index contributed by atoms with van der Waals surface area (Å²) in [5.41, 5.74) is 1.50. The van der Waals surface area contributed by atoms with Crippen molar-refractivity contribution in [3.8, 4) is 17.1 Å². The van der Waals surface area contributed by atoms with Crippen LogP contribution in [0.15, 0.2) is 42.5 Å². The predicted molar refractivity (Wildman–Crippen MR) is 85.1 cm³/mol. The Morgan fingerprint density at radius 1 is 1.25 bits per heavy atom. The number of nitrogens with zero attached hydrogens (tertiary/aromatic N) is 4. The number of hydrogen-bond acceptors (Lipinski definition) is 5. The number of anilines is 1. The van der Waals surface area contributed by atoms with Gasteiger partial charge in [-0.05, 0) is 40.8 Å². The van der Waals surface area contributed by atoms with Crippen LogP contribution in [0.1, 0.15) is 10.4 Å². The summed E-state index contributed by atoms with van der Waals surface area (Å²) in [6, 6.07) is 11.1. The molecule has 1 heterocycles. The average molecular weight is 327 g/mol. The maximum absolute atomic E-state index is 13.7. The van der Waals surface area contributed by atoms with E-state index in [0.29, 0.717) is 11.5 Å². The molecule has 0 radical (unpaired) electrons. The Balaban J connectivity index is 1.82. The van der Waals surface area contributed by atoms with Crippen LogP contribution < -0.4 is 10.1 Å². The molecule has 0 aliphatic rings. The van der Waals surface area contributed by atoms with E-state index in [9.17, 15) is 9.18 Å². The fraction of sp³-hybridized carbons (Fsp3) is 0.125. The number of aromatic nitrogens is 4. The van der Waals surface area contributed by atoms with Crippen molar-refractivity contribution >= 4 is 11.6 Å². The van der Waals surface area contributed by atoms with E-state index in [1.807, 2.05) is 6.07 Å². The van der Waals surface area contributed by atoms with Crippen LogP contribution in [0, 0.1) is 5.82 Å². The lowest BCUT2D eigenvalue weighted by molar-refractivity contribution is 0.102. The number of aryl methyl sites for hydroxylation is 1. The molecule has 0 aliphatic carbocycles. The third-order valence-corrected chi connectivity index (χ3v) is 3.41. The monoisotopic (exact) mass is 327 g/mol. The van der Waals surface area contributed by atoms with Gasteiger partial charge in [0.2, 0.25) is 0 Å². The molecule has 0 saturated carbocycles. The van der Waals surface area contributed by atoms with Crippen LogP contribution in [0.4, 0.5) is 10.1 Å². The van der Waals surface area contributed by atoms with Gasteiger partial charge in [0, 0.05) is 23.9 Å². The van der Waals surface area contributed by atoms with Crippen LogP contribution in [0.2, 0.25) is 0 Å². The Labute approximate surface area is 137 Å². The Hall–Kier alpha value is -3.29. The summed E-state index contributed by atoms with van der Waals surface area (Å²) in [5, 5.41) is 14.0. The van der Waals surface area contributed by atoms with Gasteiger partial charge in [-0.25, -0.2) is 9.07 Å². The largest absolute Gasteiger partial charge is 0.494 e. The summed E-state index contributed by atoms with van der Waals surface area (Å²) in [6.45, 7) is 0. The summed E-state index contributed by atoms with van der Waals surface area (Å²) >= 11 is 0. The zero-order valence-corrected chi connectivity index (χ0v) is 13.0. The Bertz CT molecular complexity index is 894. The molecular weight excluding hydrogens is 313 g/mol. The lowest BCUT2D eigenvalue weighted by Gasteiger charge is -2.08. The van der Waals surface area contributed by atoms with Gasteiger partial charge in [0.05, 0.1) is 7.11 Å². The van der Waals surface area contributed by atoms with E-state index in [1.54, 1.807) is 25.2 Å². The molecule has 1 amide bonds.